The zero-order chi connectivity index (χ0) is 16.0. The van der Waals surface area contributed by atoms with E-state index in [0.717, 1.165) is 18.3 Å². The fourth-order valence-electron chi connectivity index (χ4n) is 1.43. The van der Waals surface area contributed by atoms with E-state index in [1.807, 2.05) is 0 Å². The summed E-state index contributed by atoms with van der Waals surface area (Å²) < 4.78 is 37.6. The van der Waals surface area contributed by atoms with Crippen molar-refractivity contribution in [3.05, 3.63) is 41.6 Å². The third-order valence-corrected chi connectivity index (χ3v) is 2.36. The summed E-state index contributed by atoms with van der Waals surface area (Å²) >= 11 is 0. The van der Waals surface area contributed by atoms with Gasteiger partial charge in [0.15, 0.2) is 0 Å². The molecule has 0 saturated carbocycles. The molecule has 4 nitrogen and oxygen atoms in total. The van der Waals surface area contributed by atoms with Gasteiger partial charge < -0.3 is 10.6 Å². The van der Waals surface area contributed by atoms with Crippen LogP contribution < -0.4 is 10.6 Å². The first-order valence-electron chi connectivity index (χ1n) is 6.09. The molecule has 7 heteroatoms. The number of rotatable bonds is 4. The van der Waals surface area contributed by atoms with Gasteiger partial charge in [0.2, 0.25) is 0 Å². The van der Waals surface area contributed by atoms with Crippen LogP contribution in [-0.2, 0) is 11.0 Å². The summed E-state index contributed by atoms with van der Waals surface area (Å²) in [4.78, 5) is 11.6. The van der Waals surface area contributed by atoms with Crippen molar-refractivity contribution in [3.63, 3.8) is 0 Å². The minimum absolute atomic E-state index is 0.134. The molecule has 1 aromatic rings. The molecule has 0 aromatic heterocycles. The monoisotopic (exact) mass is 297 g/mol. The fourth-order valence-corrected chi connectivity index (χ4v) is 1.43. The Balaban J connectivity index is 2.88. The zero-order valence-corrected chi connectivity index (χ0v) is 11.5. The lowest BCUT2D eigenvalue weighted by molar-refractivity contribution is -0.137. The van der Waals surface area contributed by atoms with E-state index < -0.39 is 17.6 Å². The number of carbonyl (C=O) groups is 1. The van der Waals surface area contributed by atoms with E-state index >= 15 is 0 Å². The van der Waals surface area contributed by atoms with Crippen LogP contribution in [0, 0.1) is 11.3 Å². The fraction of sp³-hybridized carbons (Fsp3) is 0.286. The van der Waals surface area contributed by atoms with E-state index in [1.165, 1.54) is 12.1 Å². The molecule has 1 amide bonds. The van der Waals surface area contributed by atoms with Gasteiger partial charge in [-0.25, -0.2) is 0 Å². The van der Waals surface area contributed by atoms with E-state index in [-0.39, 0.29) is 17.3 Å². The van der Waals surface area contributed by atoms with Crippen LogP contribution in [0.5, 0.6) is 0 Å². The number of benzene rings is 1. The Morgan fingerprint density at radius 3 is 2.57 bits per heavy atom. The maximum Gasteiger partial charge on any atom is 0.416 e. The van der Waals surface area contributed by atoms with E-state index in [0.29, 0.717) is 0 Å². The van der Waals surface area contributed by atoms with Crippen LogP contribution in [0.25, 0.3) is 0 Å². The molecule has 0 fully saturated rings. The summed E-state index contributed by atoms with van der Waals surface area (Å²) in [6.07, 6.45) is -3.37. The molecule has 21 heavy (non-hydrogen) atoms. The van der Waals surface area contributed by atoms with Gasteiger partial charge in [-0.2, -0.15) is 18.4 Å². The Morgan fingerprint density at radius 2 is 2.05 bits per heavy atom. The van der Waals surface area contributed by atoms with Gasteiger partial charge in [0, 0.05) is 17.9 Å². The van der Waals surface area contributed by atoms with Crippen molar-refractivity contribution in [1.82, 2.24) is 5.32 Å². The molecule has 0 unspecified atom stereocenters. The summed E-state index contributed by atoms with van der Waals surface area (Å²) in [6, 6.07) is 6.01. The predicted molar refractivity (Wildman–Crippen MR) is 72.0 cm³/mol. The number of anilines is 1. The van der Waals surface area contributed by atoms with Crippen LogP contribution in [0.3, 0.4) is 0 Å². The van der Waals surface area contributed by atoms with Crippen molar-refractivity contribution in [2.75, 3.05) is 5.32 Å². The van der Waals surface area contributed by atoms with Gasteiger partial charge in [-0.1, -0.05) is 6.07 Å². The van der Waals surface area contributed by atoms with Crippen LogP contribution >= 0.6 is 0 Å². The van der Waals surface area contributed by atoms with Crippen LogP contribution in [0.2, 0.25) is 0 Å². The van der Waals surface area contributed by atoms with Crippen LogP contribution in [-0.4, -0.2) is 11.9 Å². The Bertz CT molecular complexity index is 586. The zero-order valence-electron chi connectivity index (χ0n) is 11.5. The SMILES string of the molecule is CC(C)NC(=O)/C(C#N)=C\Nc1cccc(C(F)(F)F)c1. The Hall–Kier alpha value is -2.49. The molecule has 1 rings (SSSR count). The van der Waals surface area contributed by atoms with Crippen LogP contribution in [0.15, 0.2) is 36.0 Å². The van der Waals surface area contributed by atoms with Gasteiger partial charge in [0.25, 0.3) is 5.91 Å². The molecule has 0 heterocycles. The summed E-state index contributed by atoms with van der Waals surface area (Å²) in [6.45, 7) is 3.46. The third-order valence-electron chi connectivity index (χ3n) is 2.36. The average molecular weight is 297 g/mol. The third kappa shape index (κ3) is 5.18. The van der Waals surface area contributed by atoms with E-state index in [9.17, 15) is 18.0 Å². The number of alkyl halides is 3. The molecular formula is C14H14F3N3O. The molecule has 0 aliphatic carbocycles. The van der Waals surface area contributed by atoms with Crippen molar-refractivity contribution >= 4 is 11.6 Å². The largest absolute Gasteiger partial charge is 0.416 e. The second-order valence-corrected chi connectivity index (χ2v) is 4.52. The van der Waals surface area contributed by atoms with Gasteiger partial charge in [-0.15, -0.1) is 0 Å². The molecule has 0 radical (unpaired) electrons. The first-order valence-corrected chi connectivity index (χ1v) is 6.09. The number of hydrogen-bond donors (Lipinski definition) is 2. The number of hydrogen-bond acceptors (Lipinski definition) is 3. The molecule has 112 valence electrons. The average Bonchev–Trinajstić information content (AvgIpc) is 2.38. The normalized spacial score (nSPS) is 12.0. The number of nitriles is 1. The maximum absolute atomic E-state index is 12.5. The molecule has 0 atom stereocenters. The van der Waals surface area contributed by atoms with Crippen molar-refractivity contribution in [1.29, 1.82) is 5.26 Å². The molecule has 0 spiro atoms. The molecule has 1 aromatic carbocycles. The number of amides is 1. The molecular weight excluding hydrogens is 283 g/mol. The quantitative estimate of drug-likeness (QED) is 0.663. The summed E-state index contributed by atoms with van der Waals surface area (Å²) in [5, 5.41) is 13.9. The summed E-state index contributed by atoms with van der Waals surface area (Å²) in [5.41, 5.74) is -0.901. The Labute approximate surface area is 120 Å². The van der Waals surface area contributed by atoms with Crippen molar-refractivity contribution in [2.24, 2.45) is 0 Å². The van der Waals surface area contributed by atoms with Gasteiger partial charge in [0.1, 0.15) is 11.6 Å². The second-order valence-electron chi connectivity index (χ2n) is 4.52. The van der Waals surface area contributed by atoms with Gasteiger partial charge in [-0.3, -0.25) is 4.79 Å². The lowest BCUT2D eigenvalue weighted by atomic mass is 10.2. The first-order chi connectivity index (χ1) is 9.74. The van der Waals surface area contributed by atoms with Gasteiger partial charge in [0.05, 0.1) is 5.56 Å². The standard InChI is InChI=1S/C14H14F3N3O/c1-9(2)20-13(21)10(7-18)8-19-12-5-3-4-11(6-12)14(15,16)17/h3-6,8-9,19H,1-2H3,(H,20,21)/b10-8-. The molecule has 0 bridgehead atoms. The maximum atomic E-state index is 12.5. The van der Waals surface area contributed by atoms with Gasteiger partial charge >= 0.3 is 6.18 Å². The lowest BCUT2D eigenvalue weighted by Gasteiger charge is -2.09. The number of halogens is 3. The van der Waals surface area contributed by atoms with Gasteiger partial charge in [-0.05, 0) is 32.0 Å². The lowest BCUT2D eigenvalue weighted by Crippen LogP contribution is -2.31. The van der Waals surface area contributed by atoms with Crippen molar-refractivity contribution in [2.45, 2.75) is 26.1 Å². The second kappa shape index (κ2) is 6.79. The highest BCUT2D eigenvalue weighted by Crippen LogP contribution is 2.30. The van der Waals surface area contributed by atoms with Crippen LogP contribution in [0.1, 0.15) is 19.4 Å². The Kier molecular flexibility index (Phi) is 5.36. The molecule has 0 saturated heterocycles. The van der Waals surface area contributed by atoms with E-state index in [4.69, 9.17) is 5.26 Å². The molecule has 0 aliphatic rings. The predicted octanol–water partition coefficient (Wildman–Crippen LogP) is 3.05. The Morgan fingerprint density at radius 1 is 1.38 bits per heavy atom. The first kappa shape index (κ1) is 16.6. The molecule has 0 aliphatic heterocycles. The minimum Gasteiger partial charge on any atom is -0.360 e. The minimum atomic E-state index is -4.45. The molecule has 2 N–H and O–H groups in total. The highest BCUT2D eigenvalue weighted by Gasteiger charge is 2.30. The van der Waals surface area contributed by atoms with E-state index in [2.05, 4.69) is 10.6 Å². The number of nitrogens with one attached hydrogen (secondary N) is 2. The number of nitrogens with zero attached hydrogens (tertiary/aromatic N) is 1. The van der Waals surface area contributed by atoms with Crippen molar-refractivity contribution < 1.29 is 18.0 Å². The summed E-state index contributed by atoms with van der Waals surface area (Å²) in [7, 11) is 0. The highest BCUT2D eigenvalue weighted by molar-refractivity contribution is 5.97. The number of carbonyl (C=O) groups excluding carboxylic acids is 1. The van der Waals surface area contributed by atoms with E-state index in [1.54, 1.807) is 19.9 Å². The highest BCUT2D eigenvalue weighted by atomic mass is 19.4. The smallest absolute Gasteiger partial charge is 0.360 e. The van der Waals surface area contributed by atoms with Crippen molar-refractivity contribution in [3.8, 4) is 6.07 Å². The summed E-state index contributed by atoms with van der Waals surface area (Å²) in [5.74, 6) is -0.591. The topological polar surface area (TPSA) is 64.9 Å². The van der Waals surface area contributed by atoms with Crippen LogP contribution in [0.4, 0.5) is 18.9 Å².